The molecule has 0 radical (unpaired) electrons. The zero-order chi connectivity index (χ0) is 45.9. The molecule has 0 amide bonds. The second-order valence-electron chi connectivity index (χ2n) is 18.3. The predicted octanol–water partition coefficient (Wildman–Crippen LogP) is 19.3. The molecule has 70 heavy (non-hydrogen) atoms. The van der Waals surface area contributed by atoms with Gasteiger partial charge in [-0.2, -0.15) is 0 Å². The summed E-state index contributed by atoms with van der Waals surface area (Å²) in [4.78, 5) is 4.79. The summed E-state index contributed by atoms with van der Waals surface area (Å²) in [6, 6.07) is 87.3. The molecule has 0 unspecified atom stereocenters. The fourth-order valence-electron chi connectivity index (χ4n) is 11.5. The lowest BCUT2D eigenvalue weighted by atomic mass is 9.97. The van der Waals surface area contributed by atoms with E-state index in [-0.39, 0.29) is 0 Å². The Morgan fingerprint density at radius 3 is 1.01 bits per heavy atom. The van der Waals surface area contributed by atoms with Crippen LogP contribution in [0.25, 0.3) is 109 Å². The second kappa shape index (κ2) is 15.1. The summed E-state index contributed by atoms with van der Waals surface area (Å²) in [5.74, 6) is 0. The van der Waals surface area contributed by atoms with Crippen molar-refractivity contribution in [2.75, 3.05) is 9.80 Å². The van der Waals surface area contributed by atoms with Gasteiger partial charge in [0.25, 0.3) is 0 Å². The van der Waals surface area contributed by atoms with E-state index in [0.717, 1.165) is 99.5 Å². The molecule has 0 aliphatic rings. The van der Waals surface area contributed by atoms with E-state index in [2.05, 4.69) is 252 Å². The number of hydrogen-bond donors (Lipinski definition) is 0. The maximum absolute atomic E-state index is 7.19. The average Bonchev–Trinajstić information content (AvgIpc) is 4.01. The molecular weight excluding hydrogens is 853 g/mol. The van der Waals surface area contributed by atoms with Gasteiger partial charge in [-0.05, 0) is 91.6 Å². The molecule has 13 aromatic carbocycles. The Balaban J connectivity index is 0.980. The zero-order valence-electron chi connectivity index (χ0n) is 37.8. The van der Waals surface area contributed by atoms with E-state index in [1.165, 1.54) is 43.1 Å². The molecular formula is C66H40N2O2. The van der Waals surface area contributed by atoms with Gasteiger partial charge in [0.1, 0.15) is 11.2 Å². The highest BCUT2D eigenvalue weighted by atomic mass is 16.4. The van der Waals surface area contributed by atoms with Gasteiger partial charge >= 0.3 is 0 Å². The highest BCUT2D eigenvalue weighted by molar-refractivity contribution is 6.30. The average molecular weight is 893 g/mol. The first kappa shape index (κ1) is 38.7. The summed E-state index contributed by atoms with van der Waals surface area (Å²) in [5, 5.41) is 18.4. The molecule has 4 nitrogen and oxygen atoms in total. The summed E-state index contributed by atoms with van der Waals surface area (Å²) >= 11 is 0. The van der Waals surface area contributed by atoms with Crippen molar-refractivity contribution in [1.29, 1.82) is 0 Å². The number of furan rings is 2. The molecule has 0 atom stereocenters. The van der Waals surface area contributed by atoms with Crippen LogP contribution in [0.2, 0.25) is 0 Å². The minimum Gasteiger partial charge on any atom is -0.452 e. The summed E-state index contributed by atoms with van der Waals surface area (Å²) in [7, 11) is 0. The van der Waals surface area contributed by atoms with Crippen molar-refractivity contribution in [1.82, 2.24) is 0 Å². The standard InChI is InChI=1S/C66H40N2O2/c1-3-19-43(20-4-1)67(57-31-15-29-47-45-23-9-7-17-41(45)33-35-51(47)57)59-39-61-63(53-27-13-11-25-49(53)59)55-37-38-56-64-54-28-14-12-26-50(54)60(40-62(64)70-66(56)65(55)69-61)68(44-21-5-2-6-22-44)58-32-16-30-48-46-24-10-8-18-42(46)34-36-52(48)58/h1-40H. The predicted molar refractivity (Wildman–Crippen MR) is 295 cm³/mol. The molecule has 0 saturated heterocycles. The summed E-state index contributed by atoms with van der Waals surface area (Å²) in [5.41, 5.74) is 9.46. The largest absolute Gasteiger partial charge is 0.452 e. The van der Waals surface area contributed by atoms with Crippen molar-refractivity contribution in [3.63, 3.8) is 0 Å². The van der Waals surface area contributed by atoms with E-state index in [4.69, 9.17) is 8.83 Å². The van der Waals surface area contributed by atoms with Crippen LogP contribution in [-0.4, -0.2) is 0 Å². The van der Waals surface area contributed by atoms with Gasteiger partial charge in [-0.15, -0.1) is 0 Å². The Bertz CT molecular complexity index is 4310. The van der Waals surface area contributed by atoms with Crippen LogP contribution < -0.4 is 9.80 Å². The van der Waals surface area contributed by atoms with Gasteiger partial charge in [0, 0.05) is 66.6 Å². The molecule has 2 aromatic heterocycles. The molecule has 0 bridgehead atoms. The summed E-state index contributed by atoms with van der Waals surface area (Å²) < 4.78 is 14.4. The second-order valence-corrected chi connectivity index (χ2v) is 18.3. The van der Waals surface area contributed by atoms with Crippen molar-refractivity contribution in [3.8, 4) is 0 Å². The Morgan fingerprint density at radius 2 is 0.571 bits per heavy atom. The Labute approximate surface area is 402 Å². The third kappa shape index (κ3) is 5.65. The number of fused-ring (bicyclic) bond motifs is 17. The van der Waals surface area contributed by atoms with E-state index in [9.17, 15) is 0 Å². The minimum absolute atomic E-state index is 0.736. The van der Waals surface area contributed by atoms with Crippen LogP contribution in [0, 0.1) is 0 Å². The van der Waals surface area contributed by atoms with Crippen LogP contribution in [0.15, 0.2) is 251 Å². The van der Waals surface area contributed by atoms with Crippen LogP contribution in [-0.2, 0) is 0 Å². The molecule has 326 valence electrons. The van der Waals surface area contributed by atoms with Crippen molar-refractivity contribution in [2.24, 2.45) is 0 Å². The minimum atomic E-state index is 0.736. The van der Waals surface area contributed by atoms with Crippen molar-refractivity contribution >= 4 is 143 Å². The monoisotopic (exact) mass is 892 g/mol. The third-order valence-electron chi connectivity index (χ3n) is 14.6. The van der Waals surface area contributed by atoms with Gasteiger partial charge in [-0.25, -0.2) is 0 Å². The van der Waals surface area contributed by atoms with Crippen LogP contribution in [0.1, 0.15) is 0 Å². The lowest BCUT2D eigenvalue weighted by Gasteiger charge is -2.28. The van der Waals surface area contributed by atoms with Crippen LogP contribution in [0.4, 0.5) is 34.1 Å². The highest BCUT2D eigenvalue weighted by Gasteiger charge is 2.26. The fraction of sp³-hybridized carbons (Fsp3) is 0. The molecule has 0 aliphatic carbocycles. The maximum atomic E-state index is 7.19. The first-order valence-electron chi connectivity index (χ1n) is 23.9. The van der Waals surface area contributed by atoms with Crippen molar-refractivity contribution in [3.05, 3.63) is 243 Å². The van der Waals surface area contributed by atoms with E-state index < -0.39 is 0 Å². The summed E-state index contributed by atoms with van der Waals surface area (Å²) in [6.45, 7) is 0. The number of anilines is 6. The Kier molecular flexibility index (Phi) is 8.33. The molecule has 0 spiro atoms. The summed E-state index contributed by atoms with van der Waals surface area (Å²) in [6.07, 6.45) is 0. The number of nitrogens with zero attached hydrogens (tertiary/aromatic N) is 2. The molecule has 4 heteroatoms. The normalized spacial score (nSPS) is 12.0. The lowest BCUT2D eigenvalue weighted by Crippen LogP contribution is -2.11. The Morgan fingerprint density at radius 1 is 0.229 bits per heavy atom. The van der Waals surface area contributed by atoms with Crippen LogP contribution >= 0.6 is 0 Å². The van der Waals surface area contributed by atoms with Crippen LogP contribution in [0.5, 0.6) is 0 Å². The molecule has 0 fully saturated rings. The molecule has 15 rings (SSSR count). The number of rotatable bonds is 6. The fourth-order valence-corrected chi connectivity index (χ4v) is 11.5. The maximum Gasteiger partial charge on any atom is 0.178 e. The SMILES string of the molecule is c1ccc(N(c2cccc3c2ccc2ccccc23)c2cc3oc4c(ccc5c4oc4cc(N(c6ccccc6)c6cccc7c6ccc6ccccc67)c6ccccc6c45)c3c3ccccc23)cc1. The number of para-hydroxylation sites is 2. The van der Waals surface area contributed by atoms with Gasteiger partial charge in [0.15, 0.2) is 11.2 Å². The van der Waals surface area contributed by atoms with Gasteiger partial charge in [0.05, 0.1) is 22.7 Å². The van der Waals surface area contributed by atoms with Gasteiger partial charge < -0.3 is 18.6 Å². The lowest BCUT2D eigenvalue weighted by molar-refractivity contribution is 0.633. The quantitative estimate of drug-likeness (QED) is 0.156. The Hall–Kier alpha value is -9.38. The number of benzene rings is 13. The molecule has 0 saturated carbocycles. The number of hydrogen-bond acceptors (Lipinski definition) is 4. The third-order valence-corrected chi connectivity index (χ3v) is 14.6. The topological polar surface area (TPSA) is 32.8 Å². The van der Waals surface area contributed by atoms with E-state index in [1.807, 2.05) is 0 Å². The van der Waals surface area contributed by atoms with E-state index in [0.29, 0.717) is 0 Å². The van der Waals surface area contributed by atoms with Crippen molar-refractivity contribution < 1.29 is 8.83 Å². The first-order valence-corrected chi connectivity index (χ1v) is 23.9. The first-order chi connectivity index (χ1) is 34.7. The smallest absolute Gasteiger partial charge is 0.178 e. The van der Waals surface area contributed by atoms with Gasteiger partial charge in [-0.3, -0.25) is 0 Å². The van der Waals surface area contributed by atoms with Gasteiger partial charge in [-0.1, -0.05) is 182 Å². The molecule has 15 aromatic rings. The van der Waals surface area contributed by atoms with Crippen molar-refractivity contribution in [2.45, 2.75) is 0 Å². The molecule has 0 aliphatic heterocycles. The van der Waals surface area contributed by atoms with E-state index in [1.54, 1.807) is 0 Å². The van der Waals surface area contributed by atoms with Gasteiger partial charge in [0.2, 0.25) is 0 Å². The molecule has 2 heterocycles. The highest BCUT2D eigenvalue weighted by Crippen LogP contribution is 2.51. The van der Waals surface area contributed by atoms with Crippen LogP contribution in [0.3, 0.4) is 0 Å². The zero-order valence-corrected chi connectivity index (χ0v) is 37.8. The molecule has 0 N–H and O–H groups in total. The van der Waals surface area contributed by atoms with E-state index >= 15 is 0 Å².